The van der Waals surface area contributed by atoms with Gasteiger partial charge < -0.3 is 10.6 Å². The molecule has 18 heavy (non-hydrogen) atoms. The summed E-state index contributed by atoms with van der Waals surface area (Å²) < 4.78 is 0. The van der Waals surface area contributed by atoms with E-state index >= 15 is 0 Å². The zero-order valence-corrected chi connectivity index (χ0v) is 11.9. The van der Waals surface area contributed by atoms with Gasteiger partial charge in [-0.2, -0.15) is 0 Å². The molecule has 0 fully saturated rings. The lowest BCUT2D eigenvalue weighted by Gasteiger charge is -2.12. The SMILES string of the molecule is CNC(=O)NC(=O)C(C)NCc1cc(C)c(C)s1. The first kappa shape index (κ1) is 14.7. The van der Waals surface area contributed by atoms with E-state index in [1.807, 2.05) is 0 Å². The lowest BCUT2D eigenvalue weighted by molar-refractivity contribution is -0.121. The van der Waals surface area contributed by atoms with Crippen molar-refractivity contribution in [3.05, 3.63) is 21.4 Å². The van der Waals surface area contributed by atoms with Crippen LogP contribution in [-0.2, 0) is 11.3 Å². The summed E-state index contributed by atoms with van der Waals surface area (Å²) in [6.45, 7) is 6.50. The fraction of sp³-hybridized carbons (Fsp3) is 0.500. The molecular formula is C12H19N3O2S. The minimum absolute atomic E-state index is 0.334. The molecule has 1 atom stereocenters. The summed E-state index contributed by atoms with van der Waals surface area (Å²) in [4.78, 5) is 25.0. The largest absolute Gasteiger partial charge is 0.341 e. The average molecular weight is 269 g/mol. The molecule has 0 aliphatic carbocycles. The third-order valence-electron chi connectivity index (χ3n) is 2.66. The van der Waals surface area contributed by atoms with Crippen LogP contribution in [0.2, 0.25) is 0 Å². The number of aryl methyl sites for hydroxylation is 2. The quantitative estimate of drug-likeness (QED) is 0.771. The minimum atomic E-state index is -0.489. The Balaban J connectivity index is 2.43. The van der Waals surface area contributed by atoms with Crippen LogP contribution >= 0.6 is 11.3 Å². The predicted octanol–water partition coefficient (Wildman–Crippen LogP) is 1.30. The highest BCUT2D eigenvalue weighted by atomic mass is 32.1. The van der Waals surface area contributed by atoms with Crippen molar-refractivity contribution in [3.8, 4) is 0 Å². The van der Waals surface area contributed by atoms with Gasteiger partial charge in [-0.3, -0.25) is 10.1 Å². The third kappa shape index (κ3) is 4.12. The molecule has 0 bridgehead atoms. The van der Waals surface area contributed by atoms with Crippen LogP contribution in [0.4, 0.5) is 4.79 Å². The van der Waals surface area contributed by atoms with Crippen LogP contribution in [-0.4, -0.2) is 25.0 Å². The lowest BCUT2D eigenvalue weighted by Crippen LogP contribution is -2.47. The Bertz CT molecular complexity index is 423. The third-order valence-corrected chi connectivity index (χ3v) is 3.81. The van der Waals surface area contributed by atoms with E-state index in [0.717, 1.165) is 0 Å². The van der Waals surface area contributed by atoms with Crippen LogP contribution in [0.1, 0.15) is 22.2 Å². The van der Waals surface area contributed by atoms with Gasteiger partial charge in [0.2, 0.25) is 5.91 Å². The van der Waals surface area contributed by atoms with Crippen molar-refractivity contribution in [2.75, 3.05) is 7.05 Å². The first-order valence-corrected chi connectivity index (χ1v) is 6.57. The topological polar surface area (TPSA) is 70.2 Å². The van der Waals surface area contributed by atoms with E-state index in [1.54, 1.807) is 18.3 Å². The van der Waals surface area contributed by atoms with Gasteiger partial charge in [0.1, 0.15) is 0 Å². The van der Waals surface area contributed by atoms with Crippen LogP contribution in [0.15, 0.2) is 6.07 Å². The van der Waals surface area contributed by atoms with Gasteiger partial charge in [-0.05, 0) is 32.4 Å². The van der Waals surface area contributed by atoms with Crippen molar-refractivity contribution in [1.29, 1.82) is 0 Å². The standard InChI is InChI=1S/C12H19N3O2S/c1-7-5-10(18-9(7)3)6-14-8(2)11(16)15-12(17)13-4/h5,8,14H,6H2,1-4H3,(H2,13,15,16,17). The highest BCUT2D eigenvalue weighted by molar-refractivity contribution is 7.12. The zero-order valence-electron chi connectivity index (χ0n) is 11.1. The molecule has 100 valence electrons. The van der Waals surface area contributed by atoms with Gasteiger partial charge in [0.05, 0.1) is 6.04 Å². The van der Waals surface area contributed by atoms with E-state index in [2.05, 4.69) is 35.9 Å². The van der Waals surface area contributed by atoms with Crippen molar-refractivity contribution in [2.24, 2.45) is 0 Å². The molecule has 3 amide bonds. The molecule has 3 N–H and O–H groups in total. The summed E-state index contributed by atoms with van der Waals surface area (Å²) >= 11 is 1.71. The first-order valence-electron chi connectivity index (χ1n) is 5.76. The number of imide groups is 1. The van der Waals surface area contributed by atoms with Crippen LogP contribution in [0.3, 0.4) is 0 Å². The smallest absolute Gasteiger partial charge is 0.321 e. The number of carbonyl (C=O) groups excluding carboxylic acids is 2. The molecule has 1 heterocycles. The lowest BCUT2D eigenvalue weighted by atomic mass is 10.2. The number of rotatable bonds is 4. The molecule has 1 unspecified atom stereocenters. The predicted molar refractivity (Wildman–Crippen MR) is 72.7 cm³/mol. The molecule has 5 nitrogen and oxygen atoms in total. The van der Waals surface area contributed by atoms with Gasteiger partial charge in [0, 0.05) is 23.3 Å². The van der Waals surface area contributed by atoms with Gasteiger partial charge in [0.15, 0.2) is 0 Å². The summed E-state index contributed by atoms with van der Waals surface area (Å²) in [5.74, 6) is -0.334. The van der Waals surface area contributed by atoms with Crippen LogP contribution in [0.25, 0.3) is 0 Å². The molecule has 6 heteroatoms. The van der Waals surface area contributed by atoms with Crippen LogP contribution < -0.4 is 16.0 Å². The van der Waals surface area contributed by atoms with Gasteiger partial charge >= 0.3 is 6.03 Å². The summed E-state index contributed by atoms with van der Waals surface area (Å²) in [5, 5.41) is 7.66. The Labute approximate surface area is 111 Å². The Kier molecular flexibility index (Phi) is 5.30. The highest BCUT2D eigenvalue weighted by Gasteiger charge is 2.14. The zero-order chi connectivity index (χ0) is 13.7. The van der Waals surface area contributed by atoms with E-state index in [1.165, 1.54) is 22.4 Å². The Morgan fingerprint density at radius 3 is 2.56 bits per heavy atom. The summed E-state index contributed by atoms with van der Waals surface area (Å²) in [6, 6.07) is 1.21. The number of urea groups is 1. The Morgan fingerprint density at radius 2 is 2.06 bits per heavy atom. The molecular weight excluding hydrogens is 250 g/mol. The maximum Gasteiger partial charge on any atom is 0.321 e. The number of nitrogens with one attached hydrogen (secondary N) is 3. The molecule has 0 saturated heterocycles. The average Bonchev–Trinajstić information content (AvgIpc) is 2.65. The van der Waals surface area contributed by atoms with E-state index in [4.69, 9.17) is 0 Å². The second kappa shape index (κ2) is 6.51. The van der Waals surface area contributed by atoms with E-state index in [0.29, 0.717) is 6.54 Å². The fourth-order valence-electron chi connectivity index (χ4n) is 1.37. The van der Waals surface area contributed by atoms with Crippen LogP contribution in [0, 0.1) is 13.8 Å². The number of hydrogen-bond donors (Lipinski definition) is 3. The number of thiophene rings is 1. The number of amides is 3. The molecule has 1 aromatic rings. The second-order valence-corrected chi connectivity index (χ2v) is 5.46. The summed E-state index contributed by atoms with van der Waals surface area (Å²) in [6.07, 6.45) is 0. The monoisotopic (exact) mass is 269 g/mol. The summed E-state index contributed by atoms with van der Waals surface area (Å²) in [5.41, 5.74) is 1.26. The van der Waals surface area contributed by atoms with Crippen molar-refractivity contribution >= 4 is 23.3 Å². The van der Waals surface area contributed by atoms with Gasteiger partial charge in [-0.25, -0.2) is 4.79 Å². The normalized spacial score (nSPS) is 12.0. The Morgan fingerprint density at radius 1 is 1.39 bits per heavy atom. The molecule has 0 radical (unpaired) electrons. The highest BCUT2D eigenvalue weighted by Crippen LogP contribution is 2.20. The first-order chi connectivity index (χ1) is 8.43. The number of hydrogen-bond acceptors (Lipinski definition) is 4. The van der Waals surface area contributed by atoms with Crippen LogP contribution in [0.5, 0.6) is 0 Å². The molecule has 0 saturated carbocycles. The van der Waals surface area contributed by atoms with E-state index in [9.17, 15) is 9.59 Å². The van der Waals surface area contributed by atoms with E-state index in [-0.39, 0.29) is 5.91 Å². The molecule has 0 aliphatic rings. The van der Waals surface area contributed by atoms with Gasteiger partial charge in [0.25, 0.3) is 0 Å². The van der Waals surface area contributed by atoms with Gasteiger partial charge in [-0.15, -0.1) is 11.3 Å². The molecule has 0 spiro atoms. The van der Waals surface area contributed by atoms with Crippen molar-refractivity contribution in [2.45, 2.75) is 33.4 Å². The minimum Gasteiger partial charge on any atom is -0.341 e. The molecule has 1 aromatic heterocycles. The van der Waals surface area contributed by atoms with Crippen molar-refractivity contribution in [3.63, 3.8) is 0 Å². The maximum absolute atomic E-state index is 11.6. The summed E-state index contributed by atoms with van der Waals surface area (Å²) in [7, 11) is 1.47. The fourth-order valence-corrected chi connectivity index (χ4v) is 2.37. The molecule has 0 aromatic carbocycles. The van der Waals surface area contributed by atoms with Gasteiger partial charge in [-0.1, -0.05) is 0 Å². The Hall–Kier alpha value is -1.40. The van der Waals surface area contributed by atoms with Crippen molar-refractivity contribution in [1.82, 2.24) is 16.0 Å². The molecule has 0 aliphatic heterocycles. The number of carbonyl (C=O) groups is 2. The van der Waals surface area contributed by atoms with E-state index < -0.39 is 12.1 Å². The maximum atomic E-state index is 11.6. The molecule has 1 rings (SSSR count). The van der Waals surface area contributed by atoms with Crippen molar-refractivity contribution < 1.29 is 9.59 Å². The second-order valence-electron chi connectivity index (χ2n) is 4.12.